The topological polar surface area (TPSA) is 17.8 Å². The summed E-state index contributed by atoms with van der Waals surface area (Å²) in [6.45, 7) is 0. The highest BCUT2D eigenvalue weighted by molar-refractivity contribution is 9.10. The molecule has 1 aromatic heterocycles. The highest BCUT2D eigenvalue weighted by Crippen LogP contribution is 2.34. The SMILES string of the molecule is Fc1cc(Cl)c(-n2c(CCl)nc3cc(Br)ccc32)c(Br)c1. The van der Waals surface area contributed by atoms with Crippen LogP contribution in [0.5, 0.6) is 0 Å². The van der Waals surface area contributed by atoms with Gasteiger partial charge < -0.3 is 0 Å². The molecule has 2 aromatic carbocycles. The fourth-order valence-electron chi connectivity index (χ4n) is 2.19. The standard InChI is InChI=1S/C14H7Br2Cl2FN2/c15-7-1-2-12-11(3-7)20-13(6-17)21(12)14-9(16)4-8(19)5-10(14)18/h1-5H,6H2. The Bertz CT molecular complexity index is 825. The van der Waals surface area contributed by atoms with E-state index in [-0.39, 0.29) is 10.9 Å². The zero-order valence-corrected chi connectivity index (χ0v) is 15.1. The van der Waals surface area contributed by atoms with Crippen LogP contribution in [-0.2, 0) is 5.88 Å². The smallest absolute Gasteiger partial charge is 0.129 e. The molecule has 0 saturated carbocycles. The van der Waals surface area contributed by atoms with Crippen molar-refractivity contribution in [3.63, 3.8) is 0 Å². The zero-order valence-electron chi connectivity index (χ0n) is 10.4. The number of nitrogens with zero attached hydrogens (tertiary/aromatic N) is 2. The monoisotopic (exact) mass is 450 g/mol. The molecule has 21 heavy (non-hydrogen) atoms. The first kappa shape index (κ1) is 15.3. The van der Waals surface area contributed by atoms with Gasteiger partial charge in [-0.3, -0.25) is 4.57 Å². The minimum atomic E-state index is -0.407. The van der Waals surface area contributed by atoms with Crippen LogP contribution in [0, 0.1) is 5.82 Å². The molecule has 0 spiro atoms. The maximum Gasteiger partial charge on any atom is 0.129 e. The summed E-state index contributed by atoms with van der Waals surface area (Å²) in [5.74, 6) is 0.445. The maximum absolute atomic E-state index is 13.4. The van der Waals surface area contributed by atoms with Crippen molar-refractivity contribution in [2.45, 2.75) is 5.88 Å². The first-order valence-corrected chi connectivity index (χ1v) is 8.39. The second kappa shape index (κ2) is 5.88. The van der Waals surface area contributed by atoms with E-state index in [0.717, 1.165) is 15.5 Å². The van der Waals surface area contributed by atoms with Gasteiger partial charge in [-0.05, 0) is 46.3 Å². The maximum atomic E-state index is 13.4. The second-order valence-corrected chi connectivity index (χ2v) is 6.79. The summed E-state index contributed by atoms with van der Waals surface area (Å²) in [6, 6.07) is 8.35. The lowest BCUT2D eigenvalue weighted by Crippen LogP contribution is -2.02. The predicted molar refractivity (Wildman–Crippen MR) is 91.0 cm³/mol. The van der Waals surface area contributed by atoms with E-state index in [2.05, 4.69) is 36.8 Å². The Morgan fingerprint density at radius 3 is 2.62 bits per heavy atom. The van der Waals surface area contributed by atoms with E-state index in [1.54, 1.807) is 0 Å². The van der Waals surface area contributed by atoms with Gasteiger partial charge in [0.15, 0.2) is 0 Å². The van der Waals surface area contributed by atoms with E-state index >= 15 is 0 Å². The van der Waals surface area contributed by atoms with Crippen LogP contribution in [0.15, 0.2) is 39.3 Å². The fraction of sp³-hybridized carbons (Fsp3) is 0.0714. The molecular weight excluding hydrogens is 446 g/mol. The first-order valence-electron chi connectivity index (χ1n) is 5.89. The van der Waals surface area contributed by atoms with Crippen molar-refractivity contribution in [1.29, 1.82) is 0 Å². The number of alkyl halides is 1. The molecule has 108 valence electrons. The Labute approximate surface area is 147 Å². The predicted octanol–water partition coefficient (Wildman–Crippen LogP) is 6.08. The van der Waals surface area contributed by atoms with Gasteiger partial charge in [-0.2, -0.15) is 0 Å². The molecule has 0 aliphatic heterocycles. The van der Waals surface area contributed by atoms with Crippen LogP contribution in [0.25, 0.3) is 16.7 Å². The fourth-order valence-corrected chi connectivity index (χ4v) is 3.73. The highest BCUT2D eigenvalue weighted by Gasteiger charge is 2.17. The van der Waals surface area contributed by atoms with Gasteiger partial charge in [-0.1, -0.05) is 27.5 Å². The van der Waals surface area contributed by atoms with Crippen LogP contribution in [-0.4, -0.2) is 9.55 Å². The molecule has 0 atom stereocenters. The Morgan fingerprint density at radius 2 is 1.95 bits per heavy atom. The largest absolute Gasteiger partial charge is 0.293 e. The minimum Gasteiger partial charge on any atom is -0.293 e. The number of benzene rings is 2. The van der Waals surface area contributed by atoms with Crippen molar-refractivity contribution >= 4 is 66.1 Å². The molecule has 7 heteroatoms. The molecule has 2 nitrogen and oxygen atoms in total. The van der Waals surface area contributed by atoms with Gasteiger partial charge in [0, 0.05) is 8.95 Å². The Morgan fingerprint density at radius 1 is 1.19 bits per heavy atom. The molecular formula is C14H7Br2Cl2FN2. The number of hydrogen-bond acceptors (Lipinski definition) is 1. The summed E-state index contributed by atoms with van der Waals surface area (Å²) in [5, 5.41) is 0.287. The van der Waals surface area contributed by atoms with E-state index in [1.807, 2.05) is 22.8 Å². The highest BCUT2D eigenvalue weighted by atomic mass is 79.9. The van der Waals surface area contributed by atoms with E-state index in [9.17, 15) is 4.39 Å². The van der Waals surface area contributed by atoms with Gasteiger partial charge in [-0.15, -0.1) is 11.6 Å². The van der Waals surface area contributed by atoms with Gasteiger partial charge in [0.1, 0.15) is 11.6 Å². The molecule has 1 heterocycles. The summed E-state index contributed by atoms with van der Waals surface area (Å²) in [4.78, 5) is 4.50. The third kappa shape index (κ3) is 2.72. The Hall–Kier alpha value is -0.620. The van der Waals surface area contributed by atoms with Crippen LogP contribution >= 0.6 is 55.1 Å². The van der Waals surface area contributed by atoms with Crippen LogP contribution in [0.4, 0.5) is 4.39 Å². The minimum absolute atomic E-state index is 0.215. The Kier molecular flexibility index (Phi) is 4.28. The number of halogens is 5. The van der Waals surface area contributed by atoms with E-state index in [0.29, 0.717) is 16.0 Å². The number of imidazole rings is 1. The van der Waals surface area contributed by atoms with Crippen molar-refractivity contribution in [3.8, 4) is 5.69 Å². The van der Waals surface area contributed by atoms with Crippen molar-refractivity contribution in [2.75, 3.05) is 0 Å². The molecule has 0 aliphatic carbocycles. The third-order valence-electron chi connectivity index (χ3n) is 3.01. The molecule has 0 fully saturated rings. The molecule has 0 radical (unpaired) electrons. The van der Waals surface area contributed by atoms with Crippen LogP contribution < -0.4 is 0 Å². The van der Waals surface area contributed by atoms with E-state index < -0.39 is 5.82 Å². The van der Waals surface area contributed by atoms with Crippen molar-refractivity contribution in [2.24, 2.45) is 0 Å². The summed E-state index contributed by atoms with van der Waals surface area (Å²) in [5.41, 5.74) is 2.26. The van der Waals surface area contributed by atoms with Gasteiger partial charge in [0.2, 0.25) is 0 Å². The molecule has 0 unspecified atom stereocenters. The lowest BCUT2D eigenvalue weighted by molar-refractivity contribution is 0.626. The third-order valence-corrected chi connectivity index (χ3v) is 4.64. The summed E-state index contributed by atoms with van der Waals surface area (Å²) < 4.78 is 16.7. The van der Waals surface area contributed by atoms with Gasteiger partial charge >= 0.3 is 0 Å². The van der Waals surface area contributed by atoms with Crippen LogP contribution in [0.3, 0.4) is 0 Å². The van der Waals surface area contributed by atoms with Crippen molar-refractivity contribution < 1.29 is 4.39 Å². The van der Waals surface area contributed by atoms with Gasteiger partial charge in [0.25, 0.3) is 0 Å². The Balaban J connectivity index is 2.39. The molecule has 3 aromatic rings. The van der Waals surface area contributed by atoms with Crippen molar-refractivity contribution in [3.05, 3.63) is 55.9 Å². The second-order valence-electron chi connectivity index (χ2n) is 4.35. The van der Waals surface area contributed by atoms with Crippen LogP contribution in [0.1, 0.15) is 5.82 Å². The van der Waals surface area contributed by atoms with Crippen LogP contribution in [0.2, 0.25) is 5.02 Å². The quantitative estimate of drug-likeness (QED) is 0.431. The zero-order chi connectivity index (χ0) is 15.1. The molecule has 0 saturated heterocycles. The average Bonchev–Trinajstić information content (AvgIpc) is 2.75. The van der Waals surface area contributed by atoms with Crippen molar-refractivity contribution in [1.82, 2.24) is 9.55 Å². The average molecular weight is 453 g/mol. The molecule has 3 rings (SSSR count). The van der Waals surface area contributed by atoms with Gasteiger partial charge in [-0.25, -0.2) is 9.37 Å². The summed E-state index contributed by atoms with van der Waals surface area (Å²) in [7, 11) is 0. The first-order chi connectivity index (χ1) is 10.0. The molecule has 0 amide bonds. The number of hydrogen-bond donors (Lipinski definition) is 0. The normalized spacial score (nSPS) is 11.3. The molecule has 0 bridgehead atoms. The summed E-state index contributed by atoms with van der Waals surface area (Å²) in [6.07, 6.45) is 0. The summed E-state index contributed by atoms with van der Waals surface area (Å²) >= 11 is 19.0. The number of rotatable bonds is 2. The van der Waals surface area contributed by atoms with Gasteiger partial charge in [0.05, 0.1) is 27.6 Å². The number of aromatic nitrogens is 2. The molecule has 0 aliphatic rings. The molecule has 0 N–H and O–H groups in total. The van der Waals surface area contributed by atoms with E-state index in [1.165, 1.54) is 12.1 Å². The number of fused-ring (bicyclic) bond motifs is 1. The lowest BCUT2D eigenvalue weighted by Gasteiger charge is -2.12. The lowest BCUT2D eigenvalue weighted by atomic mass is 10.2. The van der Waals surface area contributed by atoms with E-state index in [4.69, 9.17) is 23.2 Å².